The maximum Gasteiger partial charge on any atom is 0.233 e. The average Bonchev–Trinajstić information content (AvgIpc) is 2.25. The van der Waals surface area contributed by atoms with Gasteiger partial charge in [0.25, 0.3) is 0 Å². The van der Waals surface area contributed by atoms with E-state index < -0.39 is 15.4 Å². The molecule has 0 aromatic heterocycles. The van der Waals surface area contributed by atoms with Crippen molar-refractivity contribution in [3.8, 4) is 0 Å². The van der Waals surface area contributed by atoms with E-state index in [-0.39, 0.29) is 18.3 Å². The fourth-order valence-corrected chi connectivity index (χ4v) is 2.46. The Kier molecular flexibility index (Phi) is 5.12. The van der Waals surface area contributed by atoms with Gasteiger partial charge in [-0.3, -0.25) is 4.79 Å². The molecule has 0 spiro atoms. The third-order valence-electron chi connectivity index (χ3n) is 3.24. The van der Waals surface area contributed by atoms with Crippen LogP contribution in [0.3, 0.4) is 0 Å². The maximum absolute atomic E-state index is 12.0. The van der Waals surface area contributed by atoms with Crippen LogP contribution in [-0.4, -0.2) is 44.7 Å². The van der Waals surface area contributed by atoms with E-state index >= 15 is 0 Å². The molecular formula is C10H20N4O4S. The summed E-state index contributed by atoms with van der Waals surface area (Å²) < 4.78 is 24.0. The fourth-order valence-electron chi connectivity index (χ4n) is 1.94. The van der Waals surface area contributed by atoms with E-state index in [9.17, 15) is 13.2 Å². The summed E-state index contributed by atoms with van der Waals surface area (Å²) in [6, 6.07) is 0. The quantitative estimate of drug-likeness (QED) is 0.156. The molecule has 9 heteroatoms. The van der Waals surface area contributed by atoms with E-state index in [1.807, 2.05) is 0 Å². The molecule has 0 unspecified atom stereocenters. The zero-order valence-electron chi connectivity index (χ0n) is 10.8. The van der Waals surface area contributed by atoms with Gasteiger partial charge in [0, 0.05) is 13.1 Å². The molecule has 1 aliphatic carbocycles. The first-order valence-corrected chi connectivity index (χ1v) is 7.92. The van der Waals surface area contributed by atoms with E-state index in [2.05, 4.69) is 15.2 Å². The lowest BCUT2D eigenvalue weighted by molar-refractivity contribution is -0.131. The van der Waals surface area contributed by atoms with Gasteiger partial charge in [0.2, 0.25) is 15.9 Å². The van der Waals surface area contributed by atoms with Gasteiger partial charge in [-0.2, -0.15) is 0 Å². The lowest BCUT2D eigenvalue weighted by Gasteiger charge is -2.38. The Morgan fingerprint density at radius 3 is 2.47 bits per heavy atom. The molecule has 0 heterocycles. The van der Waals surface area contributed by atoms with Crippen molar-refractivity contribution in [2.75, 3.05) is 19.3 Å². The SMILES string of the molecule is CS(=O)(=O)NCCCNC(=O)C1(C(N)=NO)CCC1. The Balaban J connectivity index is 2.35. The molecule has 0 saturated heterocycles. The predicted molar refractivity (Wildman–Crippen MR) is 70.2 cm³/mol. The Bertz CT molecular complexity index is 456. The van der Waals surface area contributed by atoms with Crippen molar-refractivity contribution in [3.05, 3.63) is 0 Å². The van der Waals surface area contributed by atoms with Crippen molar-refractivity contribution in [1.82, 2.24) is 10.0 Å². The molecular weight excluding hydrogens is 272 g/mol. The van der Waals surface area contributed by atoms with Crippen LogP contribution in [0.1, 0.15) is 25.7 Å². The summed E-state index contributed by atoms with van der Waals surface area (Å²) in [4.78, 5) is 12.0. The van der Waals surface area contributed by atoms with E-state index in [4.69, 9.17) is 10.9 Å². The molecule has 5 N–H and O–H groups in total. The number of amidine groups is 1. The maximum atomic E-state index is 12.0. The van der Waals surface area contributed by atoms with Crippen LogP contribution in [0.4, 0.5) is 0 Å². The number of carbonyl (C=O) groups excluding carboxylic acids is 1. The average molecular weight is 292 g/mol. The van der Waals surface area contributed by atoms with E-state index in [1.165, 1.54) is 0 Å². The predicted octanol–water partition coefficient (Wildman–Crippen LogP) is -1.04. The number of hydrogen-bond donors (Lipinski definition) is 4. The van der Waals surface area contributed by atoms with Crippen molar-refractivity contribution in [1.29, 1.82) is 0 Å². The largest absolute Gasteiger partial charge is 0.409 e. The zero-order chi connectivity index (χ0) is 14.5. The molecule has 0 aromatic rings. The fraction of sp³-hybridized carbons (Fsp3) is 0.800. The molecule has 1 fully saturated rings. The molecule has 1 saturated carbocycles. The molecule has 1 amide bonds. The Morgan fingerprint density at radius 1 is 1.42 bits per heavy atom. The topological polar surface area (TPSA) is 134 Å². The van der Waals surface area contributed by atoms with Crippen LogP contribution in [0.25, 0.3) is 0 Å². The molecule has 1 aliphatic rings. The van der Waals surface area contributed by atoms with Gasteiger partial charge in [-0.05, 0) is 19.3 Å². The first-order chi connectivity index (χ1) is 8.82. The molecule has 0 radical (unpaired) electrons. The Hall–Kier alpha value is -1.35. The van der Waals surface area contributed by atoms with Crippen LogP contribution in [0.15, 0.2) is 5.16 Å². The monoisotopic (exact) mass is 292 g/mol. The van der Waals surface area contributed by atoms with E-state index in [1.54, 1.807) is 0 Å². The summed E-state index contributed by atoms with van der Waals surface area (Å²) in [6.45, 7) is 0.595. The Labute approximate surface area is 112 Å². The second kappa shape index (κ2) is 6.20. The smallest absolute Gasteiger partial charge is 0.233 e. The number of nitrogens with one attached hydrogen (secondary N) is 2. The number of rotatable bonds is 7. The minimum Gasteiger partial charge on any atom is -0.409 e. The van der Waals surface area contributed by atoms with Gasteiger partial charge in [-0.25, -0.2) is 13.1 Å². The molecule has 8 nitrogen and oxygen atoms in total. The summed E-state index contributed by atoms with van der Waals surface area (Å²) in [5, 5.41) is 14.3. The molecule has 1 rings (SSSR count). The lowest BCUT2D eigenvalue weighted by Crippen LogP contribution is -2.54. The van der Waals surface area contributed by atoms with Gasteiger partial charge < -0.3 is 16.3 Å². The summed E-state index contributed by atoms with van der Waals surface area (Å²) in [5.74, 6) is -0.334. The van der Waals surface area contributed by atoms with E-state index in [0.717, 1.165) is 12.7 Å². The highest BCUT2D eigenvalue weighted by atomic mass is 32.2. The van der Waals surface area contributed by atoms with Crippen molar-refractivity contribution < 1.29 is 18.4 Å². The second-order valence-electron chi connectivity index (χ2n) is 4.70. The van der Waals surface area contributed by atoms with Crippen LogP contribution in [0, 0.1) is 5.41 Å². The molecule has 110 valence electrons. The normalized spacial score (nSPS) is 18.7. The number of amides is 1. The van der Waals surface area contributed by atoms with E-state index in [0.29, 0.717) is 25.8 Å². The van der Waals surface area contributed by atoms with Crippen molar-refractivity contribution in [3.63, 3.8) is 0 Å². The van der Waals surface area contributed by atoms with Gasteiger partial charge in [-0.15, -0.1) is 0 Å². The van der Waals surface area contributed by atoms with Crippen LogP contribution >= 0.6 is 0 Å². The number of sulfonamides is 1. The van der Waals surface area contributed by atoms with Gasteiger partial charge in [0.1, 0.15) is 5.41 Å². The first-order valence-electron chi connectivity index (χ1n) is 6.03. The lowest BCUT2D eigenvalue weighted by atomic mass is 9.67. The minimum absolute atomic E-state index is 0.0643. The van der Waals surface area contributed by atoms with Gasteiger partial charge in [-0.1, -0.05) is 11.6 Å². The van der Waals surface area contributed by atoms with Gasteiger partial charge in [0.15, 0.2) is 5.84 Å². The van der Waals surface area contributed by atoms with Gasteiger partial charge >= 0.3 is 0 Å². The number of oxime groups is 1. The molecule has 0 bridgehead atoms. The van der Waals surface area contributed by atoms with Crippen molar-refractivity contribution >= 4 is 21.8 Å². The molecule has 19 heavy (non-hydrogen) atoms. The highest BCUT2D eigenvalue weighted by Crippen LogP contribution is 2.41. The van der Waals surface area contributed by atoms with Crippen LogP contribution in [-0.2, 0) is 14.8 Å². The first kappa shape index (κ1) is 15.7. The minimum atomic E-state index is -3.20. The third kappa shape index (κ3) is 4.06. The van der Waals surface area contributed by atoms with Crippen molar-refractivity contribution in [2.24, 2.45) is 16.3 Å². The van der Waals surface area contributed by atoms with Crippen LogP contribution in [0.5, 0.6) is 0 Å². The molecule has 0 atom stereocenters. The standard InChI is InChI=1S/C10H20N4O4S/c1-19(17,18)13-7-3-6-12-9(15)10(4-2-5-10)8(11)14-16/h13,16H,2-7H2,1H3,(H2,11,14)(H,12,15). The van der Waals surface area contributed by atoms with Gasteiger partial charge in [0.05, 0.1) is 6.26 Å². The third-order valence-corrected chi connectivity index (χ3v) is 3.97. The second-order valence-corrected chi connectivity index (χ2v) is 6.53. The highest BCUT2D eigenvalue weighted by molar-refractivity contribution is 7.88. The Morgan fingerprint density at radius 2 is 2.05 bits per heavy atom. The molecule has 0 aromatic carbocycles. The van der Waals surface area contributed by atoms with Crippen molar-refractivity contribution in [2.45, 2.75) is 25.7 Å². The number of hydrogen-bond acceptors (Lipinski definition) is 5. The molecule has 0 aliphatic heterocycles. The summed E-state index contributed by atoms with van der Waals surface area (Å²) >= 11 is 0. The number of carbonyl (C=O) groups is 1. The summed E-state index contributed by atoms with van der Waals surface area (Å²) in [5.41, 5.74) is 4.66. The van der Waals surface area contributed by atoms with Crippen LogP contribution < -0.4 is 15.8 Å². The van der Waals surface area contributed by atoms with Crippen LogP contribution in [0.2, 0.25) is 0 Å². The zero-order valence-corrected chi connectivity index (χ0v) is 11.7. The number of nitrogens with zero attached hydrogens (tertiary/aromatic N) is 1. The summed E-state index contributed by atoms with van der Waals surface area (Å²) in [6.07, 6.45) is 3.55. The highest BCUT2D eigenvalue weighted by Gasteiger charge is 2.48. The summed E-state index contributed by atoms with van der Waals surface area (Å²) in [7, 11) is -3.20. The number of nitrogens with two attached hydrogens (primary N) is 1.